The second kappa shape index (κ2) is 6.71. The minimum atomic E-state index is -0.213. The lowest BCUT2D eigenvalue weighted by Crippen LogP contribution is -2.48. The molecule has 19 heavy (non-hydrogen) atoms. The van der Waals surface area contributed by atoms with Gasteiger partial charge in [-0.15, -0.1) is 0 Å². The first-order valence-electron chi connectivity index (χ1n) is 7.85. The van der Waals surface area contributed by atoms with Crippen LogP contribution in [-0.2, 0) is 4.79 Å². The third-order valence-corrected chi connectivity index (χ3v) is 4.91. The van der Waals surface area contributed by atoms with E-state index in [-0.39, 0.29) is 23.3 Å². The molecule has 0 spiro atoms. The van der Waals surface area contributed by atoms with Crippen molar-refractivity contribution in [3.63, 3.8) is 0 Å². The van der Waals surface area contributed by atoms with E-state index in [1.165, 1.54) is 0 Å². The quantitative estimate of drug-likeness (QED) is 0.707. The first-order valence-corrected chi connectivity index (χ1v) is 7.85. The number of carbonyl (C=O) groups excluding carboxylic acids is 1. The van der Waals surface area contributed by atoms with E-state index in [0.717, 1.165) is 58.0 Å². The third kappa shape index (κ3) is 3.48. The molecule has 0 radical (unpaired) electrons. The van der Waals surface area contributed by atoms with Crippen LogP contribution in [-0.4, -0.2) is 36.8 Å². The van der Waals surface area contributed by atoms with Crippen molar-refractivity contribution in [3.05, 3.63) is 0 Å². The number of hydrogen-bond acceptors (Lipinski definition) is 3. The van der Waals surface area contributed by atoms with Crippen LogP contribution in [0.25, 0.3) is 0 Å². The summed E-state index contributed by atoms with van der Waals surface area (Å²) in [5.74, 6) is 0.485. The van der Waals surface area contributed by atoms with Crippen molar-refractivity contribution in [2.75, 3.05) is 19.6 Å². The first kappa shape index (κ1) is 14.8. The van der Waals surface area contributed by atoms with Crippen molar-refractivity contribution in [1.82, 2.24) is 10.6 Å². The van der Waals surface area contributed by atoms with E-state index >= 15 is 0 Å². The number of rotatable bonds is 5. The van der Waals surface area contributed by atoms with Gasteiger partial charge in [0.2, 0.25) is 5.91 Å². The van der Waals surface area contributed by atoms with Crippen LogP contribution >= 0.6 is 0 Å². The summed E-state index contributed by atoms with van der Waals surface area (Å²) in [4.78, 5) is 12.6. The fourth-order valence-electron chi connectivity index (χ4n) is 3.64. The molecule has 2 aliphatic rings. The van der Waals surface area contributed by atoms with Crippen molar-refractivity contribution in [3.8, 4) is 0 Å². The lowest BCUT2D eigenvalue weighted by atomic mass is 9.74. The van der Waals surface area contributed by atoms with Gasteiger partial charge in [0.05, 0.1) is 11.5 Å². The molecular weight excluding hydrogens is 240 g/mol. The van der Waals surface area contributed by atoms with E-state index in [1.807, 2.05) is 0 Å². The lowest BCUT2D eigenvalue weighted by Gasteiger charge is -2.36. The summed E-state index contributed by atoms with van der Waals surface area (Å²) in [6.07, 6.45) is 6.74. The zero-order valence-corrected chi connectivity index (χ0v) is 12.1. The molecule has 3 N–H and O–H groups in total. The molecule has 0 aromatic rings. The zero-order chi connectivity index (χ0) is 13.7. The number of aliphatic hydroxyl groups excluding tert-OH is 1. The number of carbonyl (C=O) groups is 1. The highest BCUT2D eigenvalue weighted by Crippen LogP contribution is 2.34. The molecular formula is C15H28N2O2. The van der Waals surface area contributed by atoms with E-state index in [9.17, 15) is 9.90 Å². The molecule has 1 amide bonds. The van der Waals surface area contributed by atoms with Gasteiger partial charge in [-0.1, -0.05) is 19.8 Å². The Hall–Kier alpha value is -0.610. The van der Waals surface area contributed by atoms with Crippen molar-refractivity contribution in [1.29, 1.82) is 0 Å². The average Bonchev–Trinajstić information content (AvgIpc) is 2.83. The number of amides is 1. The number of aliphatic hydroxyl groups is 1. The van der Waals surface area contributed by atoms with Gasteiger partial charge in [0, 0.05) is 12.5 Å². The smallest absolute Gasteiger partial charge is 0.226 e. The van der Waals surface area contributed by atoms with Gasteiger partial charge in [0.1, 0.15) is 0 Å². The van der Waals surface area contributed by atoms with E-state index in [4.69, 9.17) is 0 Å². The first-order chi connectivity index (χ1) is 9.18. The van der Waals surface area contributed by atoms with Gasteiger partial charge >= 0.3 is 0 Å². The monoisotopic (exact) mass is 268 g/mol. The SMILES string of the molecule is CCCC1(C(=O)NCC2CCCC2O)CCNCC1. The Morgan fingerprint density at radius 1 is 1.37 bits per heavy atom. The molecule has 1 saturated heterocycles. The second-order valence-corrected chi connectivity index (χ2v) is 6.25. The summed E-state index contributed by atoms with van der Waals surface area (Å²) in [6, 6.07) is 0. The fraction of sp³-hybridized carbons (Fsp3) is 0.933. The minimum absolute atomic E-state index is 0.163. The van der Waals surface area contributed by atoms with Gasteiger partial charge < -0.3 is 15.7 Å². The predicted molar refractivity (Wildman–Crippen MR) is 75.8 cm³/mol. The summed E-state index contributed by atoms with van der Waals surface area (Å²) in [5, 5.41) is 16.3. The lowest BCUT2D eigenvalue weighted by molar-refractivity contribution is -0.133. The molecule has 1 saturated carbocycles. The maximum Gasteiger partial charge on any atom is 0.226 e. The highest BCUT2D eigenvalue weighted by Gasteiger charge is 2.39. The maximum atomic E-state index is 12.6. The van der Waals surface area contributed by atoms with Gasteiger partial charge in [-0.2, -0.15) is 0 Å². The molecule has 2 rings (SSSR count). The summed E-state index contributed by atoms with van der Waals surface area (Å²) >= 11 is 0. The molecule has 4 nitrogen and oxygen atoms in total. The van der Waals surface area contributed by atoms with Gasteiger partial charge in [-0.05, 0) is 45.2 Å². The van der Waals surface area contributed by atoms with Crippen LogP contribution in [0.5, 0.6) is 0 Å². The summed E-state index contributed by atoms with van der Waals surface area (Å²) in [6.45, 7) is 4.69. The Kier molecular flexibility index (Phi) is 5.22. The van der Waals surface area contributed by atoms with E-state index in [2.05, 4.69) is 17.6 Å². The van der Waals surface area contributed by atoms with E-state index in [0.29, 0.717) is 6.54 Å². The van der Waals surface area contributed by atoms with Crippen molar-refractivity contribution < 1.29 is 9.90 Å². The standard InChI is InChI=1S/C15H28N2O2/c1-2-6-15(7-9-16-10-8-15)14(19)17-11-12-4-3-5-13(12)18/h12-13,16,18H,2-11H2,1H3,(H,17,19). The van der Waals surface area contributed by atoms with E-state index in [1.54, 1.807) is 0 Å². The van der Waals surface area contributed by atoms with Crippen LogP contribution in [0.4, 0.5) is 0 Å². The van der Waals surface area contributed by atoms with Gasteiger partial charge in [0.25, 0.3) is 0 Å². The van der Waals surface area contributed by atoms with E-state index < -0.39 is 0 Å². The second-order valence-electron chi connectivity index (χ2n) is 6.25. The molecule has 2 fully saturated rings. The predicted octanol–water partition coefficient (Wildman–Crippen LogP) is 1.43. The highest BCUT2D eigenvalue weighted by atomic mass is 16.3. The maximum absolute atomic E-state index is 12.6. The topological polar surface area (TPSA) is 61.4 Å². The van der Waals surface area contributed by atoms with Gasteiger partial charge in [0.15, 0.2) is 0 Å². The largest absolute Gasteiger partial charge is 0.393 e. The van der Waals surface area contributed by atoms with Gasteiger partial charge in [-0.3, -0.25) is 4.79 Å². The summed E-state index contributed by atoms with van der Waals surface area (Å²) in [5.41, 5.74) is -0.163. The number of hydrogen-bond donors (Lipinski definition) is 3. The zero-order valence-electron chi connectivity index (χ0n) is 12.1. The molecule has 0 aromatic heterocycles. The average molecular weight is 268 g/mol. The molecule has 0 bridgehead atoms. The fourth-order valence-corrected chi connectivity index (χ4v) is 3.64. The molecule has 0 aromatic carbocycles. The molecule has 4 heteroatoms. The van der Waals surface area contributed by atoms with Crippen LogP contribution in [0.1, 0.15) is 51.9 Å². The van der Waals surface area contributed by atoms with Crippen molar-refractivity contribution >= 4 is 5.91 Å². The third-order valence-electron chi connectivity index (χ3n) is 4.91. The molecule has 110 valence electrons. The number of nitrogens with one attached hydrogen (secondary N) is 2. The Morgan fingerprint density at radius 2 is 2.11 bits per heavy atom. The van der Waals surface area contributed by atoms with Crippen molar-refractivity contribution in [2.24, 2.45) is 11.3 Å². The highest BCUT2D eigenvalue weighted by molar-refractivity contribution is 5.82. The summed E-state index contributed by atoms with van der Waals surface area (Å²) < 4.78 is 0. The van der Waals surface area contributed by atoms with Crippen LogP contribution in [0.3, 0.4) is 0 Å². The summed E-state index contributed by atoms with van der Waals surface area (Å²) in [7, 11) is 0. The Balaban J connectivity index is 1.88. The molecule has 1 aliphatic carbocycles. The van der Waals surface area contributed by atoms with Crippen molar-refractivity contribution in [2.45, 2.75) is 58.0 Å². The Morgan fingerprint density at radius 3 is 2.68 bits per heavy atom. The van der Waals surface area contributed by atoms with Gasteiger partial charge in [-0.25, -0.2) is 0 Å². The molecule has 2 unspecified atom stereocenters. The normalized spacial score (nSPS) is 30.2. The van der Waals surface area contributed by atoms with Crippen LogP contribution in [0.15, 0.2) is 0 Å². The Labute approximate surface area is 116 Å². The Bertz CT molecular complexity index is 295. The van der Waals surface area contributed by atoms with Crippen LogP contribution in [0.2, 0.25) is 0 Å². The number of piperidine rings is 1. The van der Waals surface area contributed by atoms with Crippen LogP contribution < -0.4 is 10.6 Å². The molecule has 1 heterocycles. The van der Waals surface area contributed by atoms with Crippen LogP contribution in [0, 0.1) is 11.3 Å². The molecule has 1 aliphatic heterocycles. The minimum Gasteiger partial charge on any atom is -0.393 e. The molecule has 2 atom stereocenters.